The molecule has 0 bridgehead atoms. The Bertz CT molecular complexity index is 946. The molecule has 7 heteroatoms. The average molecular weight is 432 g/mol. The average Bonchev–Trinajstić information content (AvgIpc) is 3.02. The second-order valence-corrected chi connectivity index (χ2v) is 8.65. The molecule has 0 aliphatic heterocycles. The molecular weight excluding hydrogens is 405 g/mol. The number of aromatic nitrogens is 2. The number of amides is 1. The fraction of sp³-hybridized carbons (Fsp3) is 0.478. The Morgan fingerprint density at radius 1 is 1.30 bits per heavy atom. The second-order valence-electron chi connectivity index (χ2n) is 8.31. The van der Waals surface area contributed by atoms with Gasteiger partial charge in [-0.05, 0) is 67.8 Å². The second kappa shape index (κ2) is 9.63. The van der Waals surface area contributed by atoms with Crippen molar-refractivity contribution in [1.82, 2.24) is 14.9 Å². The van der Waals surface area contributed by atoms with Crippen molar-refractivity contribution in [2.24, 2.45) is 5.92 Å². The summed E-state index contributed by atoms with van der Waals surface area (Å²) in [5.41, 5.74) is 0.00423. The molecule has 1 aliphatic rings. The van der Waals surface area contributed by atoms with Gasteiger partial charge in [-0.15, -0.1) is 0 Å². The van der Waals surface area contributed by atoms with Crippen LogP contribution in [-0.2, 0) is 6.54 Å². The lowest BCUT2D eigenvalue weighted by molar-refractivity contribution is 0.0934. The lowest BCUT2D eigenvalue weighted by Gasteiger charge is -2.22. The van der Waals surface area contributed by atoms with Crippen LogP contribution in [0.15, 0.2) is 24.3 Å². The van der Waals surface area contributed by atoms with Gasteiger partial charge in [0.2, 0.25) is 5.28 Å². The van der Waals surface area contributed by atoms with E-state index in [2.05, 4.69) is 22.1 Å². The summed E-state index contributed by atoms with van der Waals surface area (Å²) in [5, 5.41) is 13.1. The Morgan fingerprint density at radius 3 is 2.60 bits per heavy atom. The maximum atomic E-state index is 13.3. The zero-order valence-corrected chi connectivity index (χ0v) is 18.1. The maximum absolute atomic E-state index is 13.3. The molecule has 0 spiro atoms. The predicted octanol–water partition coefficient (Wildman–Crippen LogP) is 4.16. The van der Waals surface area contributed by atoms with Gasteiger partial charge in [-0.1, -0.05) is 37.3 Å². The van der Waals surface area contributed by atoms with Crippen molar-refractivity contribution < 1.29 is 14.3 Å². The Kier molecular flexibility index (Phi) is 7.17. The first kappa shape index (κ1) is 22.3. The van der Waals surface area contributed by atoms with E-state index in [1.807, 2.05) is 0 Å². The molecule has 0 atom stereocenters. The lowest BCUT2D eigenvalue weighted by atomic mass is 9.89. The van der Waals surface area contributed by atoms with E-state index in [-0.39, 0.29) is 34.9 Å². The molecule has 0 radical (unpaired) electrons. The molecule has 0 saturated heterocycles. The molecule has 1 saturated carbocycles. The Balaban J connectivity index is 1.89. The number of hydrogen-bond donors (Lipinski definition) is 2. The van der Waals surface area contributed by atoms with Crippen LogP contribution in [0.5, 0.6) is 0 Å². The van der Waals surface area contributed by atoms with E-state index in [4.69, 9.17) is 11.6 Å². The van der Waals surface area contributed by atoms with Gasteiger partial charge < -0.3 is 15.0 Å². The number of hydrogen-bond acceptors (Lipinski definition) is 3. The van der Waals surface area contributed by atoms with Crippen LogP contribution >= 0.6 is 11.6 Å². The number of halogens is 2. The molecule has 1 heterocycles. The number of benzene rings is 1. The first-order valence-corrected chi connectivity index (χ1v) is 10.6. The highest BCUT2D eigenvalue weighted by Gasteiger charge is 2.23. The van der Waals surface area contributed by atoms with Crippen LogP contribution in [0.25, 0.3) is 0 Å². The third-order valence-electron chi connectivity index (χ3n) is 5.15. The lowest BCUT2D eigenvalue weighted by Crippen LogP contribution is -2.32. The van der Waals surface area contributed by atoms with Crippen molar-refractivity contribution in [2.75, 3.05) is 6.54 Å². The van der Waals surface area contributed by atoms with Crippen molar-refractivity contribution >= 4 is 17.5 Å². The van der Waals surface area contributed by atoms with Crippen molar-refractivity contribution in [3.63, 3.8) is 0 Å². The molecule has 2 N–H and O–H groups in total. The van der Waals surface area contributed by atoms with Crippen LogP contribution in [0.4, 0.5) is 4.39 Å². The summed E-state index contributed by atoms with van der Waals surface area (Å²) in [4.78, 5) is 17.3. The van der Waals surface area contributed by atoms with E-state index in [1.54, 1.807) is 30.5 Å². The number of nitrogens with zero attached hydrogens (tertiary/aromatic N) is 2. The van der Waals surface area contributed by atoms with Crippen LogP contribution in [0, 0.1) is 23.6 Å². The first-order chi connectivity index (χ1) is 14.2. The van der Waals surface area contributed by atoms with Crippen LogP contribution in [-0.4, -0.2) is 32.7 Å². The van der Waals surface area contributed by atoms with Crippen LogP contribution < -0.4 is 5.32 Å². The van der Waals surface area contributed by atoms with E-state index in [0.717, 1.165) is 18.4 Å². The minimum absolute atomic E-state index is 0.113. The number of imidazole rings is 1. The third-order valence-corrected chi connectivity index (χ3v) is 5.44. The predicted molar refractivity (Wildman–Crippen MR) is 115 cm³/mol. The monoisotopic (exact) mass is 431 g/mol. The van der Waals surface area contributed by atoms with Gasteiger partial charge in [-0.2, -0.15) is 0 Å². The molecule has 0 unspecified atom stereocenters. The summed E-state index contributed by atoms with van der Waals surface area (Å²) in [6, 6.07) is 5.99. The summed E-state index contributed by atoms with van der Waals surface area (Å²) in [5.74, 6) is 5.31. The summed E-state index contributed by atoms with van der Waals surface area (Å²) in [7, 11) is 0. The molecule has 160 valence electrons. The Labute approximate surface area is 181 Å². The zero-order valence-electron chi connectivity index (χ0n) is 17.3. The quantitative estimate of drug-likeness (QED) is 0.698. The minimum atomic E-state index is -1.23. The normalized spacial score (nSPS) is 14.8. The highest BCUT2D eigenvalue weighted by atomic mass is 35.5. The zero-order chi connectivity index (χ0) is 21.7. The highest BCUT2D eigenvalue weighted by Crippen LogP contribution is 2.23. The SMILES string of the molecule is CC(C)(O)C#Cc1nc(Cl)n(Cc2ccc(F)cc2)c1C(=O)NCC1CCCCC1. The molecule has 1 amide bonds. The Hall–Kier alpha value is -2.36. The molecule has 1 aromatic heterocycles. The smallest absolute Gasteiger partial charge is 0.270 e. The van der Waals surface area contributed by atoms with Gasteiger partial charge in [-0.25, -0.2) is 9.37 Å². The highest BCUT2D eigenvalue weighted by molar-refractivity contribution is 6.29. The number of rotatable bonds is 5. The molecule has 1 aromatic carbocycles. The first-order valence-electron chi connectivity index (χ1n) is 10.3. The summed E-state index contributed by atoms with van der Waals surface area (Å²) in [6.45, 7) is 3.96. The Morgan fingerprint density at radius 2 is 1.97 bits per heavy atom. The standard InChI is InChI=1S/C23H27ClFN3O2/c1-23(2,30)13-12-19-20(21(29)26-14-16-6-4-3-5-7-16)28(22(24)27-19)15-17-8-10-18(25)11-9-17/h8-11,16,30H,3-7,14-15H2,1-2H3,(H,26,29). The number of nitrogens with one attached hydrogen (secondary N) is 1. The van der Waals surface area contributed by atoms with Crippen LogP contribution in [0.2, 0.25) is 5.28 Å². The van der Waals surface area contributed by atoms with Gasteiger partial charge in [0.05, 0.1) is 6.54 Å². The molecular formula is C23H27ClFN3O2. The molecule has 2 aromatic rings. The van der Waals surface area contributed by atoms with Gasteiger partial charge in [0.25, 0.3) is 5.91 Å². The number of aliphatic hydroxyl groups is 1. The summed E-state index contributed by atoms with van der Waals surface area (Å²) in [6.07, 6.45) is 5.86. The summed E-state index contributed by atoms with van der Waals surface area (Å²) < 4.78 is 14.8. The van der Waals surface area contributed by atoms with Gasteiger partial charge >= 0.3 is 0 Å². The molecule has 3 rings (SSSR count). The fourth-order valence-electron chi connectivity index (χ4n) is 3.58. The van der Waals surface area contributed by atoms with Gasteiger partial charge in [0.1, 0.15) is 22.8 Å². The van der Waals surface area contributed by atoms with Crippen molar-refractivity contribution in [3.05, 3.63) is 52.3 Å². The molecule has 1 fully saturated rings. The van der Waals surface area contributed by atoms with Crippen molar-refractivity contribution in [3.8, 4) is 11.8 Å². The third kappa shape index (κ3) is 6.07. The van der Waals surface area contributed by atoms with Crippen LogP contribution in [0.1, 0.15) is 67.7 Å². The minimum Gasteiger partial charge on any atom is -0.378 e. The molecule has 1 aliphatic carbocycles. The van der Waals surface area contributed by atoms with Crippen molar-refractivity contribution in [1.29, 1.82) is 0 Å². The van der Waals surface area contributed by atoms with E-state index in [9.17, 15) is 14.3 Å². The van der Waals surface area contributed by atoms with Crippen LogP contribution in [0.3, 0.4) is 0 Å². The topological polar surface area (TPSA) is 67.2 Å². The maximum Gasteiger partial charge on any atom is 0.270 e. The van der Waals surface area contributed by atoms with E-state index in [1.165, 1.54) is 31.4 Å². The summed E-state index contributed by atoms with van der Waals surface area (Å²) >= 11 is 6.34. The molecule has 30 heavy (non-hydrogen) atoms. The van der Waals surface area contributed by atoms with E-state index < -0.39 is 5.60 Å². The number of carbonyl (C=O) groups is 1. The largest absolute Gasteiger partial charge is 0.378 e. The van der Waals surface area contributed by atoms with E-state index >= 15 is 0 Å². The number of carbonyl (C=O) groups excluding carboxylic acids is 1. The van der Waals surface area contributed by atoms with Gasteiger partial charge in [-0.3, -0.25) is 4.79 Å². The van der Waals surface area contributed by atoms with E-state index in [0.29, 0.717) is 12.5 Å². The van der Waals surface area contributed by atoms with Gasteiger partial charge in [0.15, 0.2) is 0 Å². The van der Waals surface area contributed by atoms with Gasteiger partial charge in [0, 0.05) is 6.54 Å². The fourth-order valence-corrected chi connectivity index (χ4v) is 3.81. The molecule has 5 nitrogen and oxygen atoms in total. The van der Waals surface area contributed by atoms with Crippen molar-refractivity contribution in [2.45, 2.75) is 58.1 Å².